The molecule has 0 bridgehead atoms. The van der Waals surface area contributed by atoms with Gasteiger partial charge in [-0.15, -0.1) is 0 Å². The zero-order valence-corrected chi connectivity index (χ0v) is 15.5. The van der Waals surface area contributed by atoms with Gasteiger partial charge in [-0.05, 0) is 62.7 Å². The Morgan fingerprint density at radius 1 is 0.783 bits per heavy atom. The van der Waals surface area contributed by atoms with Gasteiger partial charge < -0.3 is 4.74 Å². The molecule has 0 radical (unpaired) electrons. The van der Waals surface area contributed by atoms with Crippen LogP contribution in [0.1, 0.15) is 84.5 Å². The van der Waals surface area contributed by atoms with E-state index in [9.17, 15) is 0 Å². The molecule has 1 nitrogen and oxygen atoms in total. The second kappa shape index (κ2) is 11.1. The fraction of sp³-hybridized carbons (Fsp3) is 0.818. The lowest BCUT2D eigenvalue weighted by Gasteiger charge is -2.37. The molecule has 0 unspecified atom stereocenters. The molecule has 0 heterocycles. The van der Waals surface area contributed by atoms with E-state index in [1.807, 2.05) is 0 Å². The number of hydrogen-bond donors (Lipinski definition) is 0. The van der Waals surface area contributed by atoms with Crippen LogP contribution in [0, 0.1) is 17.8 Å². The summed E-state index contributed by atoms with van der Waals surface area (Å²) in [5.74, 6) is 3.08. The number of rotatable bonds is 8. The lowest BCUT2D eigenvalue weighted by molar-refractivity contribution is 0.0210. The topological polar surface area (TPSA) is 9.23 Å². The Balaban J connectivity index is 1.59. The summed E-state index contributed by atoms with van der Waals surface area (Å²) in [5, 5.41) is 0. The van der Waals surface area contributed by atoms with E-state index in [1.54, 1.807) is 0 Å². The number of hydrogen-bond acceptors (Lipinski definition) is 1. The molecule has 2 rings (SSSR count). The standard InChI is InChI=1S/C22H38O/c1-3-5-6-7-8-18-23-22-16-14-21(15-17-22)20-12-10-19(9-4-2)11-13-20/h5-8,19-22H,3-4,9-18H2,1-2H3/b6-5+,8-7+. The van der Waals surface area contributed by atoms with Gasteiger partial charge in [0, 0.05) is 0 Å². The zero-order valence-electron chi connectivity index (χ0n) is 15.5. The van der Waals surface area contributed by atoms with Gasteiger partial charge >= 0.3 is 0 Å². The second-order valence-electron chi connectivity index (χ2n) is 7.70. The van der Waals surface area contributed by atoms with E-state index >= 15 is 0 Å². The fourth-order valence-corrected chi connectivity index (χ4v) is 4.62. The van der Waals surface area contributed by atoms with Crippen LogP contribution in [0.25, 0.3) is 0 Å². The third-order valence-electron chi connectivity index (χ3n) is 6.02. The molecule has 0 spiro atoms. The monoisotopic (exact) mass is 318 g/mol. The summed E-state index contributed by atoms with van der Waals surface area (Å²) in [6.45, 7) is 5.28. The summed E-state index contributed by atoms with van der Waals surface area (Å²) in [5.41, 5.74) is 0. The van der Waals surface area contributed by atoms with Crippen molar-refractivity contribution >= 4 is 0 Å². The van der Waals surface area contributed by atoms with Gasteiger partial charge in [0.2, 0.25) is 0 Å². The van der Waals surface area contributed by atoms with Crippen LogP contribution >= 0.6 is 0 Å². The molecule has 0 aromatic heterocycles. The maximum atomic E-state index is 6.03. The first-order valence-corrected chi connectivity index (χ1v) is 10.3. The van der Waals surface area contributed by atoms with Crippen LogP contribution in [0.15, 0.2) is 24.3 Å². The van der Waals surface area contributed by atoms with Gasteiger partial charge in [-0.1, -0.05) is 63.8 Å². The Hall–Kier alpha value is -0.560. The predicted octanol–water partition coefficient (Wildman–Crippen LogP) is 6.69. The largest absolute Gasteiger partial charge is 0.374 e. The lowest BCUT2D eigenvalue weighted by atomic mass is 9.70. The molecule has 2 aliphatic rings. The minimum atomic E-state index is 0.516. The van der Waals surface area contributed by atoms with Crippen LogP contribution in [0.5, 0.6) is 0 Å². The van der Waals surface area contributed by atoms with Crippen molar-refractivity contribution in [3.05, 3.63) is 24.3 Å². The van der Waals surface area contributed by atoms with Crippen molar-refractivity contribution in [2.45, 2.75) is 90.6 Å². The van der Waals surface area contributed by atoms with Crippen molar-refractivity contribution in [2.75, 3.05) is 6.61 Å². The van der Waals surface area contributed by atoms with E-state index in [0.717, 1.165) is 30.8 Å². The maximum Gasteiger partial charge on any atom is 0.0654 e. The van der Waals surface area contributed by atoms with Crippen molar-refractivity contribution < 1.29 is 4.74 Å². The lowest BCUT2D eigenvalue weighted by Crippen LogP contribution is -2.28. The Labute approximate surface area is 144 Å². The molecule has 0 N–H and O–H groups in total. The normalized spacial score (nSPS) is 32.8. The maximum absolute atomic E-state index is 6.03. The van der Waals surface area contributed by atoms with E-state index in [2.05, 4.69) is 38.2 Å². The highest BCUT2D eigenvalue weighted by Gasteiger charge is 2.30. The molecule has 0 aliphatic heterocycles. The molecule has 0 aromatic rings. The van der Waals surface area contributed by atoms with E-state index in [1.165, 1.54) is 64.2 Å². The van der Waals surface area contributed by atoms with Gasteiger partial charge in [0.15, 0.2) is 0 Å². The van der Waals surface area contributed by atoms with Crippen molar-refractivity contribution in [1.82, 2.24) is 0 Å². The Bertz CT molecular complexity index is 341. The molecule has 2 fully saturated rings. The molecule has 0 saturated heterocycles. The van der Waals surface area contributed by atoms with Crippen LogP contribution in [0.3, 0.4) is 0 Å². The van der Waals surface area contributed by atoms with Crippen molar-refractivity contribution in [3.8, 4) is 0 Å². The summed E-state index contributed by atoms with van der Waals surface area (Å²) in [6, 6.07) is 0. The number of allylic oxidation sites excluding steroid dienone is 3. The van der Waals surface area contributed by atoms with E-state index < -0.39 is 0 Å². The molecule has 0 amide bonds. The molecule has 23 heavy (non-hydrogen) atoms. The van der Waals surface area contributed by atoms with Gasteiger partial charge in [0.05, 0.1) is 12.7 Å². The van der Waals surface area contributed by atoms with Crippen LogP contribution < -0.4 is 0 Å². The summed E-state index contributed by atoms with van der Waals surface area (Å²) >= 11 is 0. The van der Waals surface area contributed by atoms with Gasteiger partial charge in [0.25, 0.3) is 0 Å². The molecule has 132 valence electrons. The zero-order chi connectivity index (χ0) is 16.3. The van der Waals surface area contributed by atoms with Gasteiger partial charge in [-0.2, -0.15) is 0 Å². The summed E-state index contributed by atoms with van der Waals surface area (Å²) in [4.78, 5) is 0. The van der Waals surface area contributed by atoms with Crippen LogP contribution in [0.2, 0.25) is 0 Å². The average molecular weight is 319 g/mol. The third kappa shape index (κ3) is 6.83. The quantitative estimate of drug-likeness (QED) is 0.453. The Morgan fingerprint density at radius 3 is 2.00 bits per heavy atom. The highest BCUT2D eigenvalue weighted by atomic mass is 16.5. The molecular formula is C22H38O. The minimum absolute atomic E-state index is 0.516. The third-order valence-corrected chi connectivity index (χ3v) is 6.02. The molecule has 2 aliphatic carbocycles. The highest BCUT2D eigenvalue weighted by Crippen LogP contribution is 2.41. The molecule has 0 aromatic carbocycles. The van der Waals surface area contributed by atoms with Crippen LogP contribution in [-0.2, 0) is 4.74 Å². The Kier molecular flexibility index (Phi) is 9.04. The molecule has 1 heteroatoms. The second-order valence-corrected chi connectivity index (χ2v) is 7.70. The van der Waals surface area contributed by atoms with E-state index in [-0.39, 0.29) is 0 Å². The molecular weight excluding hydrogens is 280 g/mol. The Morgan fingerprint density at radius 2 is 1.39 bits per heavy atom. The summed E-state index contributed by atoms with van der Waals surface area (Å²) in [6.07, 6.45) is 24.4. The van der Waals surface area contributed by atoms with Crippen molar-refractivity contribution in [2.24, 2.45) is 17.8 Å². The van der Waals surface area contributed by atoms with E-state index in [4.69, 9.17) is 4.74 Å². The van der Waals surface area contributed by atoms with Gasteiger partial charge in [-0.25, -0.2) is 0 Å². The van der Waals surface area contributed by atoms with E-state index in [0.29, 0.717) is 6.10 Å². The first kappa shape index (κ1) is 18.8. The fourth-order valence-electron chi connectivity index (χ4n) is 4.62. The first-order valence-electron chi connectivity index (χ1n) is 10.3. The van der Waals surface area contributed by atoms with Crippen LogP contribution in [0.4, 0.5) is 0 Å². The van der Waals surface area contributed by atoms with Gasteiger partial charge in [-0.3, -0.25) is 0 Å². The van der Waals surface area contributed by atoms with Crippen molar-refractivity contribution in [1.29, 1.82) is 0 Å². The predicted molar refractivity (Wildman–Crippen MR) is 101 cm³/mol. The number of ether oxygens (including phenoxy) is 1. The highest BCUT2D eigenvalue weighted by molar-refractivity contribution is 5.02. The van der Waals surface area contributed by atoms with Crippen molar-refractivity contribution in [3.63, 3.8) is 0 Å². The van der Waals surface area contributed by atoms with Crippen LogP contribution in [-0.4, -0.2) is 12.7 Å². The van der Waals surface area contributed by atoms with Gasteiger partial charge in [0.1, 0.15) is 0 Å². The SMILES string of the molecule is CC/C=C/C=C/COC1CCC(C2CCC(CCC)CC2)CC1. The molecule has 2 saturated carbocycles. The molecule has 0 atom stereocenters. The summed E-state index contributed by atoms with van der Waals surface area (Å²) < 4.78 is 6.03. The first-order chi connectivity index (χ1) is 11.3. The average Bonchev–Trinajstić information content (AvgIpc) is 2.60. The minimum Gasteiger partial charge on any atom is -0.374 e. The smallest absolute Gasteiger partial charge is 0.0654 e. The summed E-state index contributed by atoms with van der Waals surface area (Å²) in [7, 11) is 0.